The highest BCUT2D eigenvalue weighted by atomic mass is 19.1. The number of ether oxygens (including phenoxy) is 1. The van der Waals surface area contributed by atoms with Gasteiger partial charge in [0.05, 0.1) is 11.5 Å². The number of benzene rings is 1. The standard InChI is InChI=1S/C15H14FN3O3/c16-12-3-1-11(2-4-12)14-10-18(7-8-22-14)15-6-5-13(9-17-15)19(20)21/h1-6,9,14H,7-8,10H2/t14-/m0/s1. The van der Waals surface area contributed by atoms with Gasteiger partial charge in [0.25, 0.3) is 5.69 Å². The molecule has 7 heteroatoms. The van der Waals surface area contributed by atoms with Gasteiger partial charge in [-0.1, -0.05) is 12.1 Å². The van der Waals surface area contributed by atoms with Gasteiger partial charge in [0.1, 0.15) is 23.9 Å². The van der Waals surface area contributed by atoms with Crippen LogP contribution in [0.5, 0.6) is 0 Å². The van der Waals surface area contributed by atoms with Crippen molar-refractivity contribution in [3.8, 4) is 0 Å². The van der Waals surface area contributed by atoms with Crippen LogP contribution in [-0.2, 0) is 4.74 Å². The van der Waals surface area contributed by atoms with E-state index < -0.39 is 4.92 Å². The second kappa shape index (κ2) is 6.07. The van der Waals surface area contributed by atoms with Crippen molar-refractivity contribution < 1.29 is 14.1 Å². The van der Waals surface area contributed by atoms with Gasteiger partial charge in [0, 0.05) is 19.2 Å². The summed E-state index contributed by atoms with van der Waals surface area (Å²) in [6.07, 6.45) is 1.07. The molecule has 1 aromatic heterocycles. The van der Waals surface area contributed by atoms with Crippen LogP contribution in [0.4, 0.5) is 15.9 Å². The topological polar surface area (TPSA) is 68.5 Å². The van der Waals surface area contributed by atoms with Crippen molar-refractivity contribution in [2.75, 3.05) is 24.6 Å². The maximum atomic E-state index is 13.0. The van der Waals surface area contributed by atoms with E-state index in [1.54, 1.807) is 18.2 Å². The molecule has 0 unspecified atom stereocenters. The molecule has 0 N–H and O–H groups in total. The Morgan fingerprint density at radius 3 is 2.68 bits per heavy atom. The van der Waals surface area contributed by atoms with Crippen LogP contribution in [0.1, 0.15) is 11.7 Å². The van der Waals surface area contributed by atoms with E-state index in [2.05, 4.69) is 4.98 Å². The van der Waals surface area contributed by atoms with Crippen molar-refractivity contribution in [3.63, 3.8) is 0 Å². The van der Waals surface area contributed by atoms with Gasteiger partial charge in [0.15, 0.2) is 0 Å². The third-order valence-electron chi connectivity index (χ3n) is 3.58. The van der Waals surface area contributed by atoms with Crippen molar-refractivity contribution in [1.29, 1.82) is 0 Å². The first-order valence-corrected chi connectivity index (χ1v) is 6.86. The lowest BCUT2D eigenvalue weighted by molar-refractivity contribution is -0.385. The molecule has 1 atom stereocenters. The Bertz CT molecular complexity index is 661. The molecule has 1 fully saturated rings. The second-order valence-corrected chi connectivity index (χ2v) is 4.99. The van der Waals surface area contributed by atoms with E-state index in [1.165, 1.54) is 24.4 Å². The Kier molecular flexibility index (Phi) is 3.97. The van der Waals surface area contributed by atoms with Crippen LogP contribution in [0.2, 0.25) is 0 Å². The SMILES string of the molecule is O=[N+]([O-])c1ccc(N2CCO[C@H](c3ccc(F)cc3)C2)nc1. The second-order valence-electron chi connectivity index (χ2n) is 4.99. The maximum absolute atomic E-state index is 13.0. The average molecular weight is 303 g/mol. The highest BCUT2D eigenvalue weighted by Crippen LogP contribution is 2.26. The van der Waals surface area contributed by atoms with Crippen molar-refractivity contribution in [2.24, 2.45) is 0 Å². The molecule has 0 spiro atoms. The summed E-state index contributed by atoms with van der Waals surface area (Å²) in [7, 11) is 0. The minimum atomic E-state index is -0.475. The minimum Gasteiger partial charge on any atom is -0.370 e. The lowest BCUT2D eigenvalue weighted by atomic mass is 10.1. The number of hydrogen-bond acceptors (Lipinski definition) is 5. The minimum absolute atomic E-state index is 0.0351. The molecule has 22 heavy (non-hydrogen) atoms. The zero-order valence-electron chi connectivity index (χ0n) is 11.7. The zero-order chi connectivity index (χ0) is 15.5. The summed E-state index contributed by atoms with van der Waals surface area (Å²) in [6.45, 7) is 1.74. The lowest BCUT2D eigenvalue weighted by Crippen LogP contribution is -2.38. The molecule has 0 bridgehead atoms. The summed E-state index contributed by atoms with van der Waals surface area (Å²) < 4.78 is 18.7. The van der Waals surface area contributed by atoms with Crippen LogP contribution >= 0.6 is 0 Å². The molecule has 6 nitrogen and oxygen atoms in total. The van der Waals surface area contributed by atoms with Gasteiger partial charge in [-0.25, -0.2) is 9.37 Å². The maximum Gasteiger partial charge on any atom is 0.287 e. The number of nitrogens with zero attached hydrogens (tertiary/aromatic N) is 3. The first kappa shape index (κ1) is 14.4. The molecular weight excluding hydrogens is 289 g/mol. The summed E-state index contributed by atoms with van der Waals surface area (Å²) in [5.74, 6) is 0.384. The summed E-state index contributed by atoms with van der Waals surface area (Å²) >= 11 is 0. The summed E-state index contributed by atoms with van der Waals surface area (Å²) in [5, 5.41) is 10.7. The largest absolute Gasteiger partial charge is 0.370 e. The van der Waals surface area contributed by atoms with E-state index >= 15 is 0 Å². The molecule has 0 aliphatic carbocycles. The Hall–Kier alpha value is -2.54. The Morgan fingerprint density at radius 1 is 1.27 bits per heavy atom. The van der Waals surface area contributed by atoms with Gasteiger partial charge in [-0.2, -0.15) is 0 Å². The summed E-state index contributed by atoms with van der Waals surface area (Å²) in [6, 6.07) is 9.28. The molecule has 1 aromatic carbocycles. The normalized spacial score (nSPS) is 18.2. The van der Waals surface area contributed by atoms with Gasteiger partial charge in [-0.15, -0.1) is 0 Å². The fourth-order valence-electron chi connectivity index (χ4n) is 2.41. The van der Waals surface area contributed by atoms with Crippen LogP contribution in [0.3, 0.4) is 0 Å². The van der Waals surface area contributed by atoms with Crippen molar-refractivity contribution >= 4 is 11.5 Å². The third-order valence-corrected chi connectivity index (χ3v) is 3.58. The first-order valence-electron chi connectivity index (χ1n) is 6.86. The molecular formula is C15H14FN3O3. The van der Waals surface area contributed by atoms with Crippen LogP contribution in [0, 0.1) is 15.9 Å². The molecule has 0 amide bonds. The fraction of sp³-hybridized carbons (Fsp3) is 0.267. The predicted octanol–water partition coefficient (Wildman–Crippen LogP) is 2.71. The van der Waals surface area contributed by atoms with E-state index in [0.717, 1.165) is 5.56 Å². The Labute approximate surface area is 126 Å². The zero-order valence-corrected chi connectivity index (χ0v) is 11.7. The summed E-state index contributed by atoms with van der Waals surface area (Å²) in [4.78, 5) is 16.3. The van der Waals surface area contributed by atoms with E-state index in [-0.39, 0.29) is 17.6 Å². The molecule has 1 saturated heterocycles. The molecule has 0 saturated carbocycles. The molecule has 1 aliphatic rings. The van der Waals surface area contributed by atoms with Crippen molar-refractivity contribution in [3.05, 3.63) is 64.1 Å². The summed E-state index contributed by atoms with van der Waals surface area (Å²) in [5.41, 5.74) is 0.861. The molecule has 0 radical (unpaired) electrons. The van der Waals surface area contributed by atoms with E-state index in [4.69, 9.17) is 4.74 Å². The molecule has 1 aliphatic heterocycles. The van der Waals surface area contributed by atoms with E-state index in [1.807, 2.05) is 4.90 Å². The number of rotatable bonds is 3. The Morgan fingerprint density at radius 2 is 2.05 bits per heavy atom. The fourth-order valence-corrected chi connectivity index (χ4v) is 2.41. The van der Waals surface area contributed by atoms with Crippen molar-refractivity contribution in [1.82, 2.24) is 4.98 Å². The molecule has 2 heterocycles. The smallest absolute Gasteiger partial charge is 0.287 e. The molecule has 114 valence electrons. The first-order chi connectivity index (χ1) is 10.6. The van der Waals surface area contributed by atoms with Gasteiger partial charge >= 0.3 is 0 Å². The van der Waals surface area contributed by atoms with Gasteiger partial charge in [-0.05, 0) is 23.8 Å². The van der Waals surface area contributed by atoms with Crippen LogP contribution in [0.25, 0.3) is 0 Å². The van der Waals surface area contributed by atoms with Gasteiger partial charge in [-0.3, -0.25) is 10.1 Å². The number of halogens is 1. The average Bonchev–Trinajstić information content (AvgIpc) is 2.56. The molecule has 2 aromatic rings. The van der Waals surface area contributed by atoms with Crippen molar-refractivity contribution in [2.45, 2.75) is 6.10 Å². The van der Waals surface area contributed by atoms with Crippen LogP contribution in [0.15, 0.2) is 42.6 Å². The Balaban J connectivity index is 1.75. The highest BCUT2D eigenvalue weighted by Gasteiger charge is 2.23. The number of anilines is 1. The van der Waals surface area contributed by atoms with Crippen LogP contribution in [-0.4, -0.2) is 29.6 Å². The highest BCUT2D eigenvalue weighted by molar-refractivity contribution is 5.43. The number of pyridine rings is 1. The van der Waals surface area contributed by atoms with Gasteiger partial charge < -0.3 is 9.64 Å². The predicted molar refractivity (Wildman–Crippen MR) is 78.2 cm³/mol. The molecule has 3 rings (SSSR count). The van der Waals surface area contributed by atoms with E-state index in [9.17, 15) is 14.5 Å². The van der Waals surface area contributed by atoms with Gasteiger partial charge in [0.2, 0.25) is 0 Å². The number of nitro groups is 1. The third kappa shape index (κ3) is 3.04. The van der Waals surface area contributed by atoms with E-state index in [0.29, 0.717) is 25.5 Å². The number of morpholine rings is 1. The lowest BCUT2D eigenvalue weighted by Gasteiger charge is -2.33. The quantitative estimate of drug-likeness (QED) is 0.644. The monoisotopic (exact) mass is 303 g/mol. The number of aromatic nitrogens is 1. The number of hydrogen-bond donors (Lipinski definition) is 0. The van der Waals surface area contributed by atoms with Crippen LogP contribution < -0.4 is 4.90 Å².